The maximum Gasteiger partial charge on any atom is 0.126 e. The minimum absolute atomic E-state index is 0.0851. The Hall–Kier alpha value is -1.81. The molecule has 0 saturated heterocycles. The summed E-state index contributed by atoms with van der Waals surface area (Å²) >= 11 is 0. The monoisotopic (exact) mass is 231 g/mol. The molecule has 2 rings (SSSR count). The van der Waals surface area contributed by atoms with Crippen molar-refractivity contribution in [3.8, 4) is 11.1 Å². The van der Waals surface area contributed by atoms with Crippen LogP contribution in [-0.4, -0.2) is 21.9 Å². The molecule has 90 valence electrons. The zero-order chi connectivity index (χ0) is 12.5. The summed E-state index contributed by atoms with van der Waals surface area (Å²) in [5.41, 5.74) is 8.49. The molecule has 0 saturated carbocycles. The van der Waals surface area contributed by atoms with Gasteiger partial charge in [0.15, 0.2) is 0 Å². The molecule has 0 bridgehead atoms. The highest BCUT2D eigenvalue weighted by molar-refractivity contribution is 5.76. The lowest BCUT2D eigenvalue weighted by atomic mass is 9.81. The summed E-state index contributed by atoms with van der Waals surface area (Å²) in [5, 5.41) is 16.1. The second-order valence-corrected chi connectivity index (χ2v) is 4.78. The van der Waals surface area contributed by atoms with E-state index in [9.17, 15) is 5.11 Å². The molecule has 1 aromatic carbocycles. The van der Waals surface area contributed by atoms with Crippen LogP contribution in [0.25, 0.3) is 11.1 Å². The average Bonchev–Trinajstić information content (AvgIpc) is 2.75. The summed E-state index contributed by atoms with van der Waals surface area (Å²) in [6.45, 7) is 4.09. The normalized spacial score (nSPS) is 11.7. The fourth-order valence-electron chi connectivity index (χ4n) is 1.90. The molecule has 0 fully saturated rings. The molecular weight excluding hydrogens is 214 g/mol. The number of hydrogen-bond donors (Lipinski definition) is 3. The van der Waals surface area contributed by atoms with Crippen molar-refractivity contribution in [2.45, 2.75) is 19.3 Å². The zero-order valence-corrected chi connectivity index (χ0v) is 10.1. The highest BCUT2D eigenvalue weighted by Gasteiger charge is 2.23. The van der Waals surface area contributed by atoms with Crippen molar-refractivity contribution >= 4 is 5.82 Å². The summed E-state index contributed by atoms with van der Waals surface area (Å²) < 4.78 is 0. The van der Waals surface area contributed by atoms with Crippen molar-refractivity contribution in [1.82, 2.24) is 10.2 Å². The van der Waals surface area contributed by atoms with Crippen molar-refractivity contribution in [2.24, 2.45) is 0 Å². The largest absolute Gasteiger partial charge is 0.395 e. The molecule has 0 aliphatic rings. The first-order valence-corrected chi connectivity index (χ1v) is 5.56. The molecule has 0 amide bonds. The van der Waals surface area contributed by atoms with Gasteiger partial charge in [0.25, 0.3) is 0 Å². The molecule has 0 spiro atoms. The summed E-state index contributed by atoms with van der Waals surface area (Å²) in [4.78, 5) is 0. The van der Waals surface area contributed by atoms with Gasteiger partial charge in [0, 0.05) is 11.0 Å². The van der Waals surface area contributed by atoms with Gasteiger partial charge in [0.1, 0.15) is 5.82 Å². The minimum Gasteiger partial charge on any atom is -0.395 e. The molecular formula is C13H17N3O. The Morgan fingerprint density at radius 3 is 2.59 bits per heavy atom. The Balaban J connectivity index is 2.60. The number of hydrogen-bond acceptors (Lipinski definition) is 3. The number of benzene rings is 1. The molecule has 1 aromatic heterocycles. The van der Waals surface area contributed by atoms with Crippen LogP contribution in [0, 0.1) is 0 Å². The molecule has 4 N–H and O–H groups in total. The molecule has 4 nitrogen and oxygen atoms in total. The van der Waals surface area contributed by atoms with E-state index in [1.807, 2.05) is 38.1 Å². The van der Waals surface area contributed by atoms with E-state index in [2.05, 4.69) is 10.2 Å². The van der Waals surface area contributed by atoms with E-state index in [1.54, 1.807) is 6.20 Å². The molecule has 0 radical (unpaired) electrons. The van der Waals surface area contributed by atoms with Gasteiger partial charge in [-0.2, -0.15) is 5.10 Å². The highest BCUT2D eigenvalue weighted by atomic mass is 16.3. The molecule has 1 heterocycles. The van der Waals surface area contributed by atoms with Gasteiger partial charge in [-0.3, -0.25) is 5.10 Å². The Labute approximate surface area is 100 Å². The maximum absolute atomic E-state index is 9.48. The molecule has 4 heteroatoms. The van der Waals surface area contributed by atoms with Crippen LogP contribution in [0.3, 0.4) is 0 Å². The van der Waals surface area contributed by atoms with Gasteiger partial charge >= 0.3 is 0 Å². The average molecular weight is 231 g/mol. The third-order valence-corrected chi connectivity index (χ3v) is 3.01. The van der Waals surface area contributed by atoms with E-state index in [1.165, 1.54) is 0 Å². The van der Waals surface area contributed by atoms with E-state index in [-0.39, 0.29) is 12.0 Å². The van der Waals surface area contributed by atoms with Crippen LogP contribution in [0.2, 0.25) is 0 Å². The number of aromatic amines is 1. The van der Waals surface area contributed by atoms with Crippen LogP contribution in [-0.2, 0) is 5.41 Å². The SMILES string of the molecule is CC(C)(CO)c1ccccc1-c1cn[nH]c1N. The fraction of sp³-hybridized carbons (Fsp3) is 0.308. The number of nitrogens with zero attached hydrogens (tertiary/aromatic N) is 1. The predicted octanol–water partition coefficient (Wildman–Crippen LogP) is 1.93. The van der Waals surface area contributed by atoms with Gasteiger partial charge in [-0.1, -0.05) is 38.1 Å². The third-order valence-electron chi connectivity index (χ3n) is 3.01. The van der Waals surface area contributed by atoms with Gasteiger partial charge in [0.05, 0.1) is 12.8 Å². The molecule has 0 unspecified atom stereocenters. The lowest BCUT2D eigenvalue weighted by Crippen LogP contribution is -2.22. The number of aromatic nitrogens is 2. The predicted molar refractivity (Wildman–Crippen MR) is 68.5 cm³/mol. The Morgan fingerprint density at radius 2 is 2.00 bits per heavy atom. The van der Waals surface area contributed by atoms with Gasteiger partial charge in [-0.05, 0) is 11.1 Å². The number of rotatable bonds is 3. The summed E-state index contributed by atoms with van der Waals surface area (Å²) in [6, 6.07) is 7.93. The standard InChI is InChI=1S/C13H17N3O/c1-13(2,8-17)11-6-4-3-5-9(11)10-7-15-16-12(10)14/h3-7,17H,8H2,1-2H3,(H3,14,15,16). The summed E-state index contributed by atoms with van der Waals surface area (Å²) in [7, 11) is 0. The maximum atomic E-state index is 9.48. The van der Waals surface area contributed by atoms with E-state index in [4.69, 9.17) is 5.73 Å². The fourth-order valence-corrected chi connectivity index (χ4v) is 1.90. The van der Waals surface area contributed by atoms with Crippen molar-refractivity contribution in [2.75, 3.05) is 12.3 Å². The van der Waals surface area contributed by atoms with Gasteiger partial charge in [0.2, 0.25) is 0 Å². The second-order valence-electron chi connectivity index (χ2n) is 4.78. The van der Waals surface area contributed by atoms with Crippen molar-refractivity contribution in [1.29, 1.82) is 0 Å². The van der Waals surface area contributed by atoms with Crippen molar-refractivity contribution < 1.29 is 5.11 Å². The number of nitrogen functional groups attached to an aromatic ring is 1. The smallest absolute Gasteiger partial charge is 0.126 e. The van der Waals surface area contributed by atoms with Gasteiger partial charge in [-0.15, -0.1) is 0 Å². The lowest BCUT2D eigenvalue weighted by Gasteiger charge is -2.25. The Kier molecular flexibility index (Phi) is 2.90. The first kappa shape index (κ1) is 11.7. The van der Waals surface area contributed by atoms with Crippen molar-refractivity contribution in [3.05, 3.63) is 36.0 Å². The van der Waals surface area contributed by atoms with Crippen molar-refractivity contribution in [3.63, 3.8) is 0 Å². The minimum atomic E-state index is -0.305. The first-order valence-electron chi connectivity index (χ1n) is 5.56. The second kappa shape index (κ2) is 4.22. The van der Waals surface area contributed by atoms with Crippen LogP contribution in [0.5, 0.6) is 0 Å². The quantitative estimate of drug-likeness (QED) is 0.755. The van der Waals surface area contributed by atoms with Crippen LogP contribution in [0.15, 0.2) is 30.5 Å². The van der Waals surface area contributed by atoms with E-state index in [0.717, 1.165) is 16.7 Å². The Morgan fingerprint density at radius 1 is 1.29 bits per heavy atom. The number of aliphatic hydroxyl groups excluding tert-OH is 1. The molecule has 17 heavy (non-hydrogen) atoms. The molecule has 2 aromatic rings. The zero-order valence-electron chi connectivity index (χ0n) is 10.1. The van der Waals surface area contributed by atoms with Crippen LogP contribution < -0.4 is 5.73 Å². The number of aliphatic hydroxyl groups is 1. The van der Waals surface area contributed by atoms with E-state index < -0.39 is 0 Å². The lowest BCUT2D eigenvalue weighted by molar-refractivity contribution is 0.219. The topological polar surface area (TPSA) is 74.9 Å². The van der Waals surface area contributed by atoms with Crippen LogP contribution in [0.4, 0.5) is 5.82 Å². The van der Waals surface area contributed by atoms with Gasteiger partial charge < -0.3 is 10.8 Å². The van der Waals surface area contributed by atoms with Crippen LogP contribution in [0.1, 0.15) is 19.4 Å². The molecule has 0 aliphatic heterocycles. The molecule has 0 aliphatic carbocycles. The van der Waals surface area contributed by atoms with E-state index >= 15 is 0 Å². The first-order chi connectivity index (χ1) is 8.06. The summed E-state index contributed by atoms with van der Waals surface area (Å²) in [5.74, 6) is 0.547. The number of H-pyrrole nitrogens is 1. The van der Waals surface area contributed by atoms with Gasteiger partial charge in [-0.25, -0.2) is 0 Å². The highest BCUT2D eigenvalue weighted by Crippen LogP contribution is 2.34. The molecule has 0 atom stereocenters. The van der Waals surface area contributed by atoms with Crippen LogP contribution >= 0.6 is 0 Å². The summed E-state index contributed by atoms with van der Waals surface area (Å²) in [6.07, 6.45) is 1.71. The number of anilines is 1. The number of nitrogens with two attached hydrogens (primary N) is 1. The Bertz CT molecular complexity index is 517. The van der Waals surface area contributed by atoms with E-state index in [0.29, 0.717) is 5.82 Å². The number of nitrogens with one attached hydrogen (secondary N) is 1. The third kappa shape index (κ3) is 2.03.